The molecule has 1 saturated carbocycles. The summed E-state index contributed by atoms with van der Waals surface area (Å²) < 4.78 is 3.67. The van der Waals surface area contributed by atoms with Crippen LogP contribution >= 0.6 is 0 Å². The molecule has 0 aromatic carbocycles. The number of hydrogen-bond donors (Lipinski definition) is 1. The lowest BCUT2D eigenvalue weighted by atomic mass is 10.00. The number of aryl methyl sites for hydroxylation is 3. The van der Waals surface area contributed by atoms with Gasteiger partial charge in [-0.25, -0.2) is 0 Å². The van der Waals surface area contributed by atoms with Crippen LogP contribution in [0.2, 0.25) is 0 Å². The zero-order valence-corrected chi connectivity index (χ0v) is 20.8. The van der Waals surface area contributed by atoms with E-state index in [2.05, 4.69) is 48.0 Å². The Morgan fingerprint density at radius 1 is 1.08 bits per heavy atom. The third-order valence-corrected chi connectivity index (χ3v) is 7.01. The van der Waals surface area contributed by atoms with Crippen molar-refractivity contribution in [3.8, 4) is 0 Å². The van der Waals surface area contributed by atoms with Crippen molar-refractivity contribution in [1.82, 2.24) is 45.3 Å². The maximum absolute atomic E-state index is 12.4. The third kappa shape index (κ3) is 5.04. The highest BCUT2D eigenvalue weighted by Crippen LogP contribution is 2.47. The number of unbranched alkanes of at least 4 members (excludes halogenated alkanes) is 1. The lowest BCUT2D eigenvalue weighted by molar-refractivity contribution is 0.0945. The molecule has 37 heavy (non-hydrogen) atoms. The third-order valence-electron chi connectivity index (χ3n) is 7.01. The molecule has 10 heteroatoms. The van der Waals surface area contributed by atoms with E-state index in [0.717, 1.165) is 48.5 Å². The molecule has 6 rings (SSSR count). The molecule has 1 N–H and O–H groups in total. The van der Waals surface area contributed by atoms with E-state index in [1.54, 1.807) is 17.1 Å². The molecule has 0 aliphatic heterocycles. The van der Waals surface area contributed by atoms with Crippen molar-refractivity contribution in [1.29, 1.82) is 0 Å². The minimum Gasteiger partial charge on any atom is -0.345 e. The Hall–Kier alpha value is -4.21. The van der Waals surface area contributed by atoms with Crippen molar-refractivity contribution in [3.63, 3.8) is 0 Å². The number of carbonyl (C=O) groups excluding carboxylic acids is 1. The van der Waals surface area contributed by atoms with E-state index in [9.17, 15) is 4.79 Å². The Balaban J connectivity index is 1.04. The first-order valence-corrected chi connectivity index (χ1v) is 12.8. The average molecular weight is 496 g/mol. The summed E-state index contributed by atoms with van der Waals surface area (Å²) >= 11 is 0. The fourth-order valence-corrected chi connectivity index (χ4v) is 4.93. The Bertz CT molecular complexity index is 1450. The van der Waals surface area contributed by atoms with Crippen LogP contribution in [0, 0.1) is 5.92 Å². The van der Waals surface area contributed by atoms with Crippen molar-refractivity contribution in [3.05, 3.63) is 88.5 Å². The number of rotatable bonds is 10. The smallest absolute Gasteiger partial charge is 0.273 e. The van der Waals surface area contributed by atoms with Crippen LogP contribution in [0.25, 0.3) is 5.57 Å². The van der Waals surface area contributed by atoms with Gasteiger partial charge in [-0.05, 0) is 62.3 Å². The van der Waals surface area contributed by atoms with Gasteiger partial charge in [-0.2, -0.15) is 15.3 Å². The number of fused-ring (bicyclic) bond motifs is 1. The van der Waals surface area contributed by atoms with Crippen LogP contribution in [0.3, 0.4) is 0 Å². The highest BCUT2D eigenvalue weighted by Gasteiger charge is 2.35. The summed E-state index contributed by atoms with van der Waals surface area (Å²) in [4.78, 5) is 16.6. The number of hydrogen-bond acceptors (Lipinski definition) is 7. The molecule has 0 atom stereocenters. The predicted molar refractivity (Wildman–Crippen MR) is 136 cm³/mol. The van der Waals surface area contributed by atoms with Gasteiger partial charge < -0.3 is 5.32 Å². The number of amides is 1. The summed E-state index contributed by atoms with van der Waals surface area (Å²) in [5.74, 6) is 0.417. The molecule has 4 aromatic heterocycles. The monoisotopic (exact) mass is 495 g/mol. The van der Waals surface area contributed by atoms with Crippen LogP contribution in [0.4, 0.5) is 0 Å². The summed E-state index contributed by atoms with van der Waals surface area (Å²) in [5, 5.41) is 24.5. The topological polar surface area (TPSA) is 116 Å². The number of nitrogens with one attached hydrogen (secondary N) is 1. The zero-order chi connectivity index (χ0) is 25.2. The minimum absolute atomic E-state index is 0.256. The van der Waals surface area contributed by atoms with Crippen molar-refractivity contribution in [2.75, 3.05) is 0 Å². The quantitative estimate of drug-likeness (QED) is 0.336. The van der Waals surface area contributed by atoms with Crippen molar-refractivity contribution >= 4 is 11.5 Å². The van der Waals surface area contributed by atoms with E-state index in [1.807, 2.05) is 36.1 Å². The molecule has 2 aliphatic carbocycles. The second-order valence-corrected chi connectivity index (χ2v) is 9.72. The molecular formula is C27H29N9O. The molecule has 1 amide bonds. The lowest BCUT2D eigenvalue weighted by Crippen LogP contribution is -2.23. The lowest BCUT2D eigenvalue weighted by Gasteiger charge is -2.09. The van der Waals surface area contributed by atoms with Crippen molar-refractivity contribution < 1.29 is 4.79 Å². The van der Waals surface area contributed by atoms with Gasteiger partial charge in [0.25, 0.3) is 5.91 Å². The molecule has 0 spiro atoms. The van der Waals surface area contributed by atoms with Gasteiger partial charge in [0.15, 0.2) is 5.69 Å². The zero-order valence-electron chi connectivity index (χ0n) is 20.8. The van der Waals surface area contributed by atoms with Crippen LogP contribution in [0.15, 0.2) is 54.5 Å². The molecule has 0 bridgehead atoms. The van der Waals surface area contributed by atoms with E-state index < -0.39 is 0 Å². The molecule has 0 unspecified atom stereocenters. The van der Waals surface area contributed by atoms with E-state index in [0.29, 0.717) is 24.7 Å². The first-order chi connectivity index (χ1) is 18.2. The van der Waals surface area contributed by atoms with Gasteiger partial charge in [0.05, 0.1) is 35.5 Å². The summed E-state index contributed by atoms with van der Waals surface area (Å²) in [6, 6.07) is 9.92. The second-order valence-electron chi connectivity index (χ2n) is 9.72. The molecule has 2 aliphatic rings. The van der Waals surface area contributed by atoms with Crippen molar-refractivity contribution in [2.24, 2.45) is 13.0 Å². The van der Waals surface area contributed by atoms with Gasteiger partial charge in [0, 0.05) is 43.5 Å². The van der Waals surface area contributed by atoms with E-state index in [-0.39, 0.29) is 5.91 Å². The Labute approximate surface area is 214 Å². The molecule has 10 nitrogen and oxygen atoms in total. The van der Waals surface area contributed by atoms with Gasteiger partial charge in [-0.1, -0.05) is 16.9 Å². The van der Waals surface area contributed by atoms with Gasteiger partial charge >= 0.3 is 0 Å². The van der Waals surface area contributed by atoms with Crippen LogP contribution in [-0.2, 0) is 33.0 Å². The Morgan fingerprint density at radius 3 is 2.78 bits per heavy atom. The highest BCUT2D eigenvalue weighted by molar-refractivity contribution is 5.91. The summed E-state index contributed by atoms with van der Waals surface area (Å²) in [6.45, 7) is 1.04. The maximum Gasteiger partial charge on any atom is 0.273 e. The summed E-state index contributed by atoms with van der Waals surface area (Å²) in [5.41, 5.74) is 8.37. The summed E-state index contributed by atoms with van der Waals surface area (Å²) in [7, 11) is 2.00. The van der Waals surface area contributed by atoms with Crippen LogP contribution < -0.4 is 5.32 Å². The molecule has 1 fully saturated rings. The second kappa shape index (κ2) is 10.0. The number of carbonyl (C=O) groups is 1. The Morgan fingerprint density at radius 2 is 2.00 bits per heavy atom. The average Bonchev–Trinajstić information content (AvgIpc) is 3.32. The summed E-state index contributed by atoms with van der Waals surface area (Å²) in [6.07, 6.45) is 11.4. The normalized spacial score (nSPS) is 14.7. The fourth-order valence-electron chi connectivity index (χ4n) is 4.93. The van der Waals surface area contributed by atoms with Gasteiger partial charge in [-0.15, -0.1) is 5.10 Å². The molecule has 4 aromatic rings. The number of pyridine rings is 1. The van der Waals surface area contributed by atoms with Gasteiger partial charge in [-0.3, -0.25) is 19.1 Å². The predicted octanol–water partition coefficient (Wildman–Crippen LogP) is 2.92. The fraction of sp³-hybridized carbons (Fsp3) is 0.370. The van der Waals surface area contributed by atoms with Crippen LogP contribution in [0.1, 0.15) is 64.5 Å². The first kappa shape index (κ1) is 23.2. The van der Waals surface area contributed by atoms with E-state index >= 15 is 0 Å². The highest BCUT2D eigenvalue weighted by atomic mass is 16.2. The van der Waals surface area contributed by atoms with E-state index in [1.165, 1.54) is 29.6 Å². The number of nitrogens with zero attached hydrogens (tertiary/aromatic N) is 8. The molecule has 188 valence electrons. The van der Waals surface area contributed by atoms with Crippen molar-refractivity contribution in [2.45, 2.75) is 51.6 Å². The molecular weight excluding hydrogens is 466 g/mol. The SMILES string of the molecule is Cn1nccc1C1=C(C2CC2)Cc2nnc(CCCCn3cc(C(=O)NCc4ccccn4)nn3)cc21. The van der Waals surface area contributed by atoms with E-state index in [4.69, 9.17) is 0 Å². The molecule has 0 saturated heterocycles. The first-order valence-electron chi connectivity index (χ1n) is 12.8. The minimum atomic E-state index is -0.256. The number of allylic oxidation sites excluding steroid dienone is 1. The Kier molecular flexibility index (Phi) is 6.30. The van der Waals surface area contributed by atoms with Crippen LogP contribution in [0.5, 0.6) is 0 Å². The van der Waals surface area contributed by atoms with Gasteiger partial charge in [0.1, 0.15) is 0 Å². The largest absolute Gasteiger partial charge is 0.345 e. The molecule has 0 radical (unpaired) electrons. The maximum atomic E-state index is 12.4. The number of aromatic nitrogens is 8. The molecule has 4 heterocycles. The standard InChI is InChI=1S/C27H29N9O/c1-35-25(10-12-30-35)26-21(18-8-9-18)15-23-22(26)14-19(31-32-23)6-3-5-13-36-17-24(33-34-36)27(37)29-16-20-7-2-4-11-28-20/h2,4,7,10-12,14,17-18H,3,5-6,8-9,13,15-16H2,1H3,(H,29,37). The van der Waals surface area contributed by atoms with Crippen LogP contribution in [-0.4, -0.2) is 45.9 Å². The van der Waals surface area contributed by atoms with Gasteiger partial charge in [0.2, 0.25) is 0 Å².